The van der Waals surface area contributed by atoms with Crippen LogP contribution in [0.3, 0.4) is 0 Å². The van der Waals surface area contributed by atoms with Crippen molar-refractivity contribution in [2.24, 2.45) is 0 Å². The van der Waals surface area contributed by atoms with Crippen molar-refractivity contribution in [2.75, 3.05) is 6.61 Å². The third-order valence-electron chi connectivity index (χ3n) is 2.97. The molecule has 0 saturated carbocycles. The lowest BCUT2D eigenvalue weighted by molar-refractivity contribution is 0.173. The van der Waals surface area contributed by atoms with E-state index in [9.17, 15) is 5.11 Å². The van der Waals surface area contributed by atoms with E-state index in [0.29, 0.717) is 13.0 Å². The van der Waals surface area contributed by atoms with Crippen LogP contribution in [0.15, 0.2) is 54.6 Å². The molecule has 2 rings (SSSR count). The maximum atomic E-state index is 9.70. The van der Waals surface area contributed by atoms with Gasteiger partial charge in [0.25, 0.3) is 0 Å². The van der Waals surface area contributed by atoms with Gasteiger partial charge in [0, 0.05) is 5.56 Å². The first-order chi connectivity index (χ1) is 9.79. The molecule has 1 atom stereocenters. The Morgan fingerprint density at radius 2 is 1.75 bits per heavy atom. The number of hydrogen-bond donors (Lipinski definition) is 1. The minimum absolute atomic E-state index is 0.352. The van der Waals surface area contributed by atoms with E-state index in [1.54, 1.807) is 0 Å². The molecule has 20 heavy (non-hydrogen) atoms. The summed E-state index contributed by atoms with van der Waals surface area (Å²) in [5, 5.41) is 9.70. The van der Waals surface area contributed by atoms with Gasteiger partial charge in [-0.25, -0.2) is 0 Å². The van der Waals surface area contributed by atoms with Crippen molar-refractivity contribution in [2.45, 2.75) is 19.4 Å². The summed E-state index contributed by atoms with van der Waals surface area (Å²) in [6, 6.07) is 17.3. The van der Waals surface area contributed by atoms with E-state index in [0.717, 1.165) is 16.9 Å². The second-order valence-corrected chi connectivity index (χ2v) is 4.45. The zero-order valence-electron chi connectivity index (χ0n) is 11.5. The molecule has 0 aliphatic rings. The lowest BCUT2D eigenvalue weighted by atomic mass is 10.1. The van der Waals surface area contributed by atoms with Crippen molar-refractivity contribution >= 4 is 0 Å². The van der Waals surface area contributed by atoms with Gasteiger partial charge in [0.05, 0.1) is 6.10 Å². The molecule has 2 aromatic carbocycles. The summed E-state index contributed by atoms with van der Waals surface area (Å²) in [5.74, 6) is 6.78. The SMILES string of the molecule is CC[C@@H](O)c1ccc(OCC#Cc2ccccc2)cc1. The summed E-state index contributed by atoms with van der Waals surface area (Å²) < 4.78 is 5.54. The molecule has 1 N–H and O–H groups in total. The summed E-state index contributed by atoms with van der Waals surface area (Å²) in [4.78, 5) is 0. The third-order valence-corrected chi connectivity index (χ3v) is 2.97. The fourth-order valence-corrected chi connectivity index (χ4v) is 1.80. The monoisotopic (exact) mass is 266 g/mol. The van der Waals surface area contributed by atoms with E-state index < -0.39 is 6.10 Å². The van der Waals surface area contributed by atoms with E-state index >= 15 is 0 Å². The van der Waals surface area contributed by atoms with Gasteiger partial charge in [-0.1, -0.05) is 49.1 Å². The maximum absolute atomic E-state index is 9.70. The Hall–Kier alpha value is -2.24. The van der Waals surface area contributed by atoms with Crippen LogP contribution in [0.25, 0.3) is 0 Å². The zero-order chi connectivity index (χ0) is 14.2. The van der Waals surface area contributed by atoms with Gasteiger partial charge in [0.1, 0.15) is 12.4 Å². The summed E-state index contributed by atoms with van der Waals surface area (Å²) in [7, 11) is 0. The molecule has 0 heterocycles. The number of rotatable bonds is 4. The molecule has 102 valence electrons. The Morgan fingerprint density at radius 3 is 2.40 bits per heavy atom. The van der Waals surface area contributed by atoms with Crippen molar-refractivity contribution in [3.63, 3.8) is 0 Å². The Morgan fingerprint density at radius 1 is 1.05 bits per heavy atom. The summed E-state index contributed by atoms with van der Waals surface area (Å²) in [6.07, 6.45) is 0.310. The van der Waals surface area contributed by atoms with E-state index in [4.69, 9.17) is 4.74 Å². The van der Waals surface area contributed by atoms with Crippen LogP contribution in [0.5, 0.6) is 5.75 Å². The topological polar surface area (TPSA) is 29.5 Å². The number of aliphatic hydroxyl groups excluding tert-OH is 1. The van der Waals surface area contributed by atoms with Crippen LogP contribution in [-0.4, -0.2) is 11.7 Å². The van der Waals surface area contributed by atoms with Gasteiger partial charge in [-0.2, -0.15) is 0 Å². The summed E-state index contributed by atoms with van der Waals surface area (Å²) in [6.45, 7) is 2.30. The summed E-state index contributed by atoms with van der Waals surface area (Å²) in [5.41, 5.74) is 1.90. The maximum Gasteiger partial charge on any atom is 0.149 e. The quantitative estimate of drug-likeness (QED) is 0.857. The first-order valence-corrected chi connectivity index (χ1v) is 6.74. The molecule has 0 amide bonds. The minimum Gasteiger partial charge on any atom is -0.481 e. The molecule has 0 saturated heterocycles. The molecule has 0 aliphatic carbocycles. The highest BCUT2D eigenvalue weighted by molar-refractivity contribution is 5.34. The van der Waals surface area contributed by atoms with Gasteiger partial charge in [0.2, 0.25) is 0 Å². The lowest BCUT2D eigenvalue weighted by Gasteiger charge is -2.08. The largest absolute Gasteiger partial charge is 0.481 e. The zero-order valence-corrected chi connectivity index (χ0v) is 11.5. The number of ether oxygens (including phenoxy) is 1. The van der Waals surface area contributed by atoms with Gasteiger partial charge in [-0.15, -0.1) is 0 Å². The fourth-order valence-electron chi connectivity index (χ4n) is 1.80. The van der Waals surface area contributed by atoms with Crippen LogP contribution in [0.2, 0.25) is 0 Å². The second kappa shape index (κ2) is 7.37. The normalized spacial score (nSPS) is 11.3. The van der Waals surface area contributed by atoms with Crippen LogP contribution >= 0.6 is 0 Å². The second-order valence-electron chi connectivity index (χ2n) is 4.45. The highest BCUT2D eigenvalue weighted by Crippen LogP contribution is 2.19. The number of aliphatic hydroxyl groups is 1. The molecule has 0 spiro atoms. The van der Waals surface area contributed by atoms with Crippen LogP contribution < -0.4 is 4.74 Å². The Kier molecular flexibility index (Phi) is 5.23. The van der Waals surface area contributed by atoms with E-state index in [-0.39, 0.29) is 0 Å². The van der Waals surface area contributed by atoms with Gasteiger partial charge >= 0.3 is 0 Å². The highest BCUT2D eigenvalue weighted by Gasteiger charge is 2.03. The molecule has 0 unspecified atom stereocenters. The molecule has 2 heteroatoms. The minimum atomic E-state index is -0.401. The van der Waals surface area contributed by atoms with Crippen molar-refractivity contribution < 1.29 is 9.84 Å². The van der Waals surface area contributed by atoms with Crippen molar-refractivity contribution in [1.82, 2.24) is 0 Å². The average Bonchev–Trinajstić information content (AvgIpc) is 2.52. The lowest BCUT2D eigenvalue weighted by Crippen LogP contribution is -1.97. The van der Waals surface area contributed by atoms with Crippen LogP contribution in [0.1, 0.15) is 30.6 Å². The Balaban J connectivity index is 1.87. The molecule has 0 fully saturated rings. The Labute approximate surface area is 120 Å². The average molecular weight is 266 g/mol. The first-order valence-electron chi connectivity index (χ1n) is 6.74. The molecule has 0 aromatic heterocycles. The predicted octanol–water partition coefficient (Wildman–Crippen LogP) is 3.56. The van der Waals surface area contributed by atoms with E-state index in [1.807, 2.05) is 61.5 Å². The molecule has 2 nitrogen and oxygen atoms in total. The van der Waals surface area contributed by atoms with E-state index in [2.05, 4.69) is 11.8 Å². The molecule has 0 bridgehead atoms. The molecular formula is C18H18O2. The fraction of sp³-hybridized carbons (Fsp3) is 0.222. The Bertz CT molecular complexity index is 576. The van der Waals surface area contributed by atoms with Gasteiger partial charge in [-0.3, -0.25) is 0 Å². The van der Waals surface area contributed by atoms with Crippen molar-refractivity contribution in [1.29, 1.82) is 0 Å². The van der Waals surface area contributed by atoms with Gasteiger partial charge in [0.15, 0.2) is 0 Å². The van der Waals surface area contributed by atoms with E-state index in [1.165, 1.54) is 0 Å². The van der Waals surface area contributed by atoms with Crippen molar-refractivity contribution in [3.8, 4) is 17.6 Å². The molecule has 2 aromatic rings. The standard InChI is InChI=1S/C18H18O2/c1-2-18(19)16-10-12-17(13-11-16)20-14-6-9-15-7-4-3-5-8-15/h3-5,7-8,10-13,18-19H,2,14H2,1H3/t18-/m1/s1. The predicted molar refractivity (Wildman–Crippen MR) is 80.5 cm³/mol. The number of benzene rings is 2. The van der Waals surface area contributed by atoms with Crippen LogP contribution in [0, 0.1) is 11.8 Å². The van der Waals surface area contributed by atoms with Crippen LogP contribution in [0.4, 0.5) is 0 Å². The first kappa shape index (κ1) is 14.2. The molecule has 0 aliphatic heterocycles. The molecule has 0 radical (unpaired) electrons. The number of hydrogen-bond acceptors (Lipinski definition) is 2. The molecular weight excluding hydrogens is 248 g/mol. The van der Waals surface area contributed by atoms with Gasteiger partial charge < -0.3 is 9.84 Å². The smallest absolute Gasteiger partial charge is 0.149 e. The summed E-state index contributed by atoms with van der Waals surface area (Å²) >= 11 is 0. The van der Waals surface area contributed by atoms with Crippen LogP contribution in [-0.2, 0) is 0 Å². The van der Waals surface area contributed by atoms with Gasteiger partial charge in [-0.05, 0) is 36.2 Å². The highest BCUT2D eigenvalue weighted by atomic mass is 16.5. The van der Waals surface area contributed by atoms with Crippen molar-refractivity contribution in [3.05, 3.63) is 65.7 Å². The third kappa shape index (κ3) is 4.15.